The van der Waals surface area contributed by atoms with Crippen LogP contribution >= 0.6 is 11.3 Å². The summed E-state index contributed by atoms with van der Waals surface area (Å²) in [5, 5.41) is 13.6. The van der Waals surface area contributed by atoms with Crippen LogP contribution in [0.5, 0.6) is 0 Å². The van der Waals surface area contributed by atoms with Crippen molar-refractivity contribution in [2.75, 3.05) is 11.6 Å². The molecule has 142 valence electrons. The van der Waals surface area contributed by atoms with Crippen molar-refractivity contribution in [1.29, 1.82) is 0 Å². The average molecular weight is 418 g/mol. The van der Waals surface area contributed by atoms with Crippen LogP contribution < -0.4 is 5.32 Å². The van der Waals surface area contributed by atoms with Crippen molar-refractivity contribution in [2.45, 2.75) is 4.90 Å². The molecule has 0 fully saturated rings. The van der Waals surface area contributed by atoms with Crippen LogP contribution in [0, 0.1) is 5.82 Å². The van der Waals surface area contributed by atoms with Gasteiger partial charge in [-0.25, -0.2) is 17.8 Å². The summed E-state index contributed by atoms with van der Waals surface area (Å²) in [6.07, 6.45) is 2.36. The Morgan fingerprint density at radius 3 is 2.75 bits per heavy atom. The number of carbonyl (C=O) groups excluding carboxylic acids is 1. The van der Waals surface area contributed by atoms with Crippen molar-refractivity contribution < 1.29 is 17.6 Å². The number of rotatable bonds is 4. The van der Waals surface area contributed by atoms with E-state index in [1.807, 2.05) is 0 Å². The van der Waals surface area contributed by atoms with Crippen molar-refractivity contribution in [3.8, 4) is 5.69 Å². The van der Waals surface area contributed by atoms with Gasteiger partial charge in [0.2, 0.25) is 0 Å². The predicted molar refractivity (Wildman–Crippen MR) is 99.8 cm³/mol. The van der Waals surface area contributed by atoms with Gasteiger partial charge in [0.25, 0.3) is 5.91 Å². The smallest absolute Gasteiger partial charge is 0.259 e. The Bertz CT molecular complexity index is 1300. The third-order valence-corrected chi connectivity index (χ3v) is 5.85. The molecule has 9 nitrogen and oxygen atoms in total. The van der Waals surface area contributed by atoms with Gasteiger partial charge in [-0.1, -0.05) is 11.3 Å². The normalized spacial score (nSPS) is 11.6. The zero-order valence-electron chi connectivity index (χ0n) is 14.2. The molecular weight excluding hydrogens is 407 g/mol. The Morgan fingerprint density at radius 2 is 2.04 bits per heavy atom. The monoisotopic (exact) mass is 418 g/mol. The van der Waals surface area contributed by atoms with Gasteiger partial charge in [-0.05, 0) is 40.8 Å². The van der Waals surface area contributed by atoms with Crippen LogP contribution in [0.25, 0.3) is 15.9 Å². The fourth-order valence-corrected chi connectivity index (χ4v) is 4.13. The first-order valence-corrected chi connectivity index (χ1v) is 10.5. The lowest BCUT2D eigenvalue weighted by molar-refractivity contribution is 0.102. The quantitative estimate of drug-likeness (QED) is 0.539. The van der Waals surface area contributed by atoms with Crippen molar-refractivity contribution in [3.63, 3.8) is 0 Å². The molecule has 0 aliphatic rings. The van der Waals surface area contributed by atoms with Crippen LogP contribution in [0.2, 0.25) is 0 Å². The van der Waals surface area contributed by atoms with Crippen molar-refractivity contribution in [2.24, 2.45) is 0 Å². The fourth-order valence-electron chi connectivity index (χ4n) is 2.51. The fraction of sp³-hybridized carbons (Fsp3) is 0.0625. The minimum atomic E-state index is -3.35. The zero-order valence-corrected chi connectivity index (χ0v) is 15.8. The molecule has 0 atom stereocenters. The molecule has 2 aromatic heterocycles. The number of sulfone groups is 1. The third-order valence-electron chi connectivity index (χ3n) is 3.81. The summed E-state index contributed by atoms with van der Waals surface area (Å²) >= 11 is 1.13. The number of thiazole rings is 1. The molecule has 1 N–H and O–H groups in total. The van der Waals surface area contributed by atoms with E-state index in [2.05, 4.69) is 25.8 Å². The van der Waals surface area contributed by atoms with Crippen molar-refractivity contribution in [3.05, 3.63) is 54.1 Å². The Labute approximate surface area is 161 Å². The summed E-state index contributed by atoms with van der Waals surface area (Å²) < 4.78 is 38.8. The number of nitrogens with zero attached hydrogens (tertiary/aromatic N) is 5. The second-order valence-corrected chi connectivity index (χ2v) is 8.84. The second kappa shape index (κ2) is 6.73. The number of hydrogen-bond donors (Lipinski definition) is 1. The maximum absolute atomic E-state index is 13.6. The standard InChI is InChI=1S/C16H11FN6O3S2/c1-28(25,26)10-3-5-12-14(7-10)27-16(19-12)20-15(24)11-4-2-9(17)6-13(11)23-8-18-21-22-23/h2-8H,1H3,(H,19,20,24). The van der Waals surface area contributed by atoms with Crippen molar-refractivity contribution in [1.82, 2.24) is 25.2 Å². The summed E-state index contributed by atoms with van der Waals surface area (Å²) in [5.74, 6) is -1.08. The van der Waals surface area contributed by atoms with Gasteiger partial charge < -0.3 is 0 Å². The number of hydrogen-bond acceptors (Lipinski definition) is 8. The highest BCUT2D eigenvalue weighted by Crippen LogP contribution is 2.29. The molecule has 0 unspecified atom stereocenters. The molecule has 2 heterocycles. The Hall–Kier alpha value is -3.25. The number of fused-ring (bicyclic) bond motifs is 1. The topological polar surface area (TPSA) is 120 Å². The van der Waals surface area contributed by atoms with Gasteiger partial charge in [0.1, 0.15) is 12.1 Å². The van der Waals surface area contributed by atoms with Gasteiger partial charge in [-0.3, -0.25) is 10.1 Å². The SMILES string of the molecule is CS(=O)(=O)c1ccc2nc(NC(=O)c3ccc(F)cc3-n3cnnn3)sc2c1. The number of halogens is 1. The first-order valence-electron chi connectivity index (χ1n) is 7.76. The van der Waals surface area contributed by atoms with Crippen LogP contribution in [0.15, 0.2) is 47.6 Å². The van der Waals surface area contributed by atoms with Gasteiger partial charge in [0, 0.05) is 12.3 Å². The molecule has 2 aromatic carbocycles. The number of tetrazole rings is 1. The molecule has 1 amide bonds. The number of nitrogens with one attached hydrogen (secondary N) is 1. The number of amides is 1. The van der Waals surface area contributed by atoms with Crippen LogP contribution in [-0.4, -0.2) is 45.8 Å². The average Bonchev–Trinajstić information content (AvgIpc) is 3.29. The molecule has 4 rings (SSSR count). The Morgan fingerprint density at radius 1 is 1.21 bits per heavy atom. The maximum atomic E-state index is 13.6. The highest BCUT2D eigenvalue weighted by molar-refractivity contribution is 7.90. The van der Waals surface area contributed by atoms with E-state index in [0.29, 0.717) is 10.2 Å². The predicted octanol–water partition coefficient (Wildman–Crippen LogP) is 2.07. The van der Waals surface area contributed by atoms with E-state index in [1.165, 1.54) is 29.2 Å². The van der Waals surface area contributed by atoms with E-state index >= 15 is 0 Å². The van der Waals surface area contributed by atoms with E-state index in [0.717, 1.165) is 29.7 Å². The Balaban J connectivity index is 1.68. The van der Waals surface area contributed by atoms with E-state index < -0.39 is 21.6 Å². The third kappa shape index (κ3) is 3.46. The molecule has 4 aromatic rings. The van der Waals surface area contributed by atoms with Gasteiger partial charge in [-0.15, -0.1) is 5.10 Å². The molecular formula is C16H11FN6O3S2. The number of benzene rings is 2. The van der Waals surface area contributed by atoms with E-state index in [4.69, 9.17) is 0 Å². The number of aromatic nitrogens is 5. The van der Waals surface area contributed by atoms with Crippen molar-refractivity contribution >= 4 is 42.4 Å². The summed E-state index contributed by atoms with van der Waals surface area (Å²) in [5.41, 5.74) is 0.861. The zero-order chi connectivity index (χ0) is 19.9. The second-order valence-electron chi connectivity index (χ2n) is 5.79. The largest absolute Gasteiger partial charge is 0.298 e. The molecule has 0 saturated heterocycles. The van der Waals surface area contributed by atoms with Crippen LogP contribution in [0.1, 0.15) is 10.4 Å². The lowest BCUT2D eigenvalue weighted by Crippen LogP contribution is -2.15. The molecule has 0 aliphatic carbocycles. The number of carbonyl (C=O) groups is 1. The van der Waals surface area contributed by atoms with Crippen LogP contribution in [0.3, 0.4) is 0 Å². The summed E-state index contributed by atoms with van der Waals surface area (Å²) in [6, 6.07) is 8.14. The molecule has 0 aliphatic heterocycles. The molecule has 12 heteroatoms. The van der Waals surface area contributed by atoms with Gasteiger partial charge >= 0.3 is 0 Å². The number of anilines is 1. The van der Waals surface area contributed by atoms with Crippen LogP contribution in [0.4, 0.5) is 9.52 Å². The highest BCUT2D eigenvalue weighted by Gasteiger charge is 2.17. The van der Waals surface area contributed by atoms with Crippen LogP contribution in [-0.2, 0) is 9.84 Å². The molecule has 0 bridgehead atoms. The molecule has 0 radical (unpaired) electrons. The summed E-state index contributed by atoms with van der Waals surface area (Å²) in [6.45, 7) is 0. The highest BCUT2D eigenvalue weighted by atomic mass is 32.2. The van der Waals surface area contributed by atoms with E-state index in [1.54, 1.807) is 6.07 Å². The lowest BCUT2D eigenvalue weighted by Gasteiger charge is -2.08. The Kier molecular flexibility index (Phi) is 4.35. The van der Waals surface area contributed by atoms with Gasteiger partial charge in [0.05, 0.1) is 26.4 Å². The molecule has 0 spiro atoms. The summed E-state index contributed by atoms with van der Waals surface area (Å²) in [4.78, 5) is 17.1. The molecule has 28 heavy (non-hydrogen) atoms. The minimum Gasteiger partial charge on any atom is -0.298 e. The van der Waals surface area contributed by atoms with E-state index in [9.17, 15) is 17.6 Å². The molecule has 0 saturated carbocycles. The van der Waals surface area contributed by atoms with Gasteiger partial charge in [0.15, 0.2) is 15.0 Å². The van der Waals surface area contributed by atoms with E-state index in [-0.39, 0.29) is 21.3 Å². The van der Waals surface area contributed by atoms with Gasteiger partial charge in [-0.2, -0.15) is 4.68 Å². The lowest BCUT2D eigenvalue weighted by atomic mass is 10.1. The minimum absolute atomic E-state index is 0.143. The summed E-state index contributed by atoms with van der Waals surface area (Å²) in [7, 11) is -3.35. The first kappa shape index (κ1) is 18.1. The first-order chi connectivity index (χ1) is 13.3. The maximum Gasteiger partial charge on any atom is 0.259 e.